The van der Waals surface area contributed by atoms with Gasteiger partial charge in [0.1, 0.15) is 0 Å². The fraction of sp³-hybridized carbons (Fsp3) is 0.364. The second-order valence-corrected chi connectivity index (χ2v) is 3.24. The Morgan fingerprint density at radius 1 is 1.57 bits per heavy atom. The first kappa shape index (κ1) is 10.7. The number of nitrogens with zero attached hydrogens (tertiary/aromatic N) is 1. The van der Waals surface area contributed by atoms with Crippen molar-refractivity contribution in [3.05, 3.63) is 36.0 Å². The molecule has 0 saturated carbocycles. The lowest BCUT2D eigenvalue weighted by Crippen LogP contribution is -2.36. The summed E-state index contributed by atoms with van der Waals surface area (Å²) in [5.74, 6) is -0.153. The molecule has 1 N–H and O–H groups in total. The second kappa shape index (κ2) is 4.77. The lowest BCUT2D eigenvalue weighted by Gasteiger charge is -2.22. The highest BCUT2D eigenvalue weighted by Crippen LogP contribution is 2.11. The zero-order chi connectivity index (χ0) is 10.6. The van der Waals surface area contributed by atoms with Crippen LogP contribution in [0.3, 0.4) is 0 Å². The largest absolute Gasteiger partial charge is 0.369 e. The van der Waals surface area contributed by atoms with Gasteiger partial charge in [0, 0.05) is 19.5 Å². The third-order valence-electron chi connectivity index (χ3n) is 2.17. The molecule has 0 heterocycles. The average molecular weight is 193 g/mol. The van der Waals surface area contributed by atoms with Gasteiger partial charge >= 0.3 is 0 Å². The normalized spacial score (nSPS) is 17.2. The van der Waals surface area contributed by atoms with Crippen LogP contribution in [0.5, 0.6) is 0 Å². The molecule has 0 fully saturated rings. The van der Waals surface area contributed by atoms with Gasteiger partial charge in [-0.15, -0.1) is 0 Å². The minimum atomic E-state index is -0.855. The predicted octanol–water partition coefficient (Wildman–Crippen LogP) is 1.23. The van der Waals surface area contributed by atoms with E-state index in [1.807, 2.05) is 30.4 Å². The SMILES string of the molecule is CC(=O)N(C)C(O)C1=CC=CCC=C1. The van der Waals surface area contributed by atoms with Gasteiger partial charge in [0.15, 0.2) is 6.23 Å². The highest BCUT2D eigenvalue weighted by atomic mass is 16.3. The summed E-state index contributed by atoms with van der Waals surface area (Å²) in [6.07, 6.45) is 9.48. The van der Waals surface area contributed by atoms with Crippen molar-refractivity contribution in [1.82, 2.24) is 4.90 Å². The Morgan fingerprint density at radius 2 is 2.29 bits per heavy atom. The number of amides is 1. The van der Waals surface area contributed by atoms with Crippen LogP contribution in [0.4, 0.5) is 0 Å². The van der Waals surface area contributed by atoms with E-state index in [2.05, 4.69) is 0 Å². The maximum Gasteiger partial charge on any atom is 0.221 e. The predicted molar refractivity (Wildman–Crippen MR) is 55.4 cm³/mol. The molecule has 0 aromatic carbocycles. The van der Waals surface area contributed by atoms with Gasteiger partial charge < -0.3 is 10.0 Å². The molecule has 0 aromatic rings. The van der Waals surface area contributed by atoms with Crippen molar-refractivity contribution in [2.45, 2.75) is 19.6 Å². The molecule has 0 spiro atoms. The van der Waals surface area contributed by atoms with Crippen LogP contribution in [0.25, 0.3) is 0 Å². The van der Waals surface area contributed by atoms with Crippen molar-refractivity contribution in [3.8, 4) is 0 Å². The summed E-state index contributed by atoms with van der Waals surface area (Å²) in [5.41, 5.74) is 0.733. The molecular weight excluding hydrogens is 178 g/mol. The van der Waals surface area contributed by atoms with Crippen LogP contribution in [-0.2, 0) is 4.79 Å². The van der Waals surface area contributed by atoms with Gasteiger partial charge in [0.05, 0.1) is 0 Å². The van der Waals surface area contributed by atoms with E-state index in [0.717, 1.165) is 12.0 Å². The van der Waals surface area contributed by atoms with E-state index in [-0.39, 0.29) is 5.91 Å². The molecule has 0 bridgehead atoms. The zero-order valence-corrected chi connectivity index (χ0v) is 8.47. The number of allylic oxidation sites excluding steroid dienone is 4. The Morgan fingerprint density at radius 3 is 2.93 bits per heavy atom. The molecule has 3 heteroatoms. The van der Waals surface area contributed by atoms with E-state index in [1.165, 1.54) is 11.8 Å². The van der Waals surface area contributed by atoms with E-state index < -0.39 is 6.23 Å². The molecule has 1 unspecified atom stereocenters. The Kier molecular flexibility index (Phi) is 3.65. The molecule has 3 nitrogen and oxygen atoms in total. The highest BCUT2D eigenvalue weighted by Gasteiger charge is 2.16. The van der Waals surface area contributed by atoms with Gasteiger partial charge in [-0.25, -0.2) is 0 Å². The van der Waals surface area contributed by atoms with Gasteiger partial charge in [-0.05, 0) is 6.42 Å². The molecule has 14 heavy (non-hydrogen) atoms. The molecule has 0 saturated heterocycles. The van der Waals surface area contributed by atoms with Crippen LogP contribution in [0.1, 0.15) is 13.3 Å². The first-order valence-electron chi connectivity index (χ1n) is 4.57. The third kappa shape index (κ3) is 2.57. The van der Waals surface area contributed by atoms with Crippen molar-refractivity contribution in [2.24, 2.45) is 0 Å². The smallest absolute Gasteiger partial charge is 0.221 e. The van der Waals surface area contributed by atoms with Gasteiger partial charge in [0.2, 0.25) is 5.91 Å². The number of rotatable bonds is 2. The van der Waals surface area contributed by atoms with Gasteiger partial charge in [-0.1, -0.05) is 30.4 Å². The van der Waals surface area contributed by atoms with E-state index in [4.69, 9.17) is 0 Å². The standard InChI is InChI=1S/C11H15NO2/c1-9(13)12(2)11(14)10-7-5-3-4-6-8-10/h3,5-8,11,14H,4H2,1-2H3. The molecule has 0 aromatic heterocycles. The molecule has 0 radical (unpaired) electrons. The molecular formula is C11H15NO2. The van der Waals surface area contributed by atoms with Crippen molar-refractivity contribution in [2.75, 3.05) is 7.05 Å². The highest BCUT2D eigenvalue weighted by molar-refractivity contribution is 5.73. The molecule has 1 aliphatic carbocycles. The van der Waals surface area contributed by atoms with Gasteiger partial charge in [-0.2, -0.15) is 0 Å². The summed E-state index contributed by atoms with van der Waals surface area (Å²) in [6.45, 7) is 1.43. The Bertz CT molecular complexity index is 302. The number of hydrogen-bond acceptors (Lipinski definition) is 2. The summed E-state index contributed by atoms with van der Waals surface area (Å²) in [7, 11) is 1.58. The quantitative estimate of drug-likeness (QED) is 0.670. The monoisotopic (exact) mass is 193 g/mol. The van der Waals surface area contributed by atoms with Crippen LogP contribution in [-0.4, -0.2) is 29.2 Å². The van der Waals surface area contributed by atoms with Crippen LogP contribution in [0, 0.1) is 0 Å². The fourth-order valence-corrected chi connectivity index (χ4v) is 1.16. The number of aliphatic hydroxyl groups excluding tert-OH is 1. The van der Waals surface area contributed by atoms with Crippen LogP contribution in [0.2, 0.25) is 0 Å². The van der Waals surface area contributed by atoms with Crippen LogP contribution in [0.15, 0.2) is 36.0 Å². The van der Waals surface area contributed by atoms with Crippen LogP contribution < -0.4 is 0 Å². The number of carbonyl (C=O) groups excluding carboxylic acids is 1. The van der Waals surface area contributed by atoms with Crippen LogP contribution >= 0.6 is 0 Å². The lowest BCUT2D eigenvalue weighted by atomic mass is 10.2. The summed E-state index contributed by atoms with van der Waals surface area (Å²) in [4.78, 5) is 12.3. The summed E-state index contributed by atoms with van der Waals surface area (Å²) >= 11 is 0. The van der Waals surface area contributed by atoms with E-state index in [9.17, 15) is 9.90 Å². The average Bonchev–Trinajstić information content (AvgIpc) is 2.43. The van der Waals surface area contributed by atoms with Crippen molar-refractivity contribution >= 4 is 5.91 Å². The van der Waals surface area contributed by atoms with Gasteiger partial charge in [0.25, 0.3) is 0 Å². The first-order chi connectivity index (χ1) is 6.63. The number of likely N-dealkylation sites (N-methyl/N-ethyl adjacent to an activating group) is 1. The number of hydrogen-bond donors (Lipinski definition) is 1. The minimum Gasteiger partial charge on any atom is -0.369 e. The van der Waals surface area contributed by atoms with E-state index >= 15 is 0 Å². The molecule has 76 valence electrons. The molecule has 1 rings (SSSR count). The minimum absolute atomic E-state index is 0.153. The topological polar surface area (TPSA) is 40.5 Å². The second-order valence-electron chi connectivity index (χ2n) is 3.24. The Hall–Kier alpha value is -1.35. The zero-order valence-electron chi connectivity index (χ0n) is 8.47. The molecule has 1 amide bonds. The van der Waals surface area contributed by atoms with E-state index in [0.29, 0.717) is 0 Å². The summed E-state index contributed by atoms with van der Waals surface area (Å²) in [6, 6.07) is 0. The van der Waals surface area contributed by atoms with E-state index in [1.54, 1.807) is 7.05 Å². The summed E-state index contributed by atoms with van der Waals surface area (Å²) < 4.78 is 0. The molecule has 1 aliphatic rings. The first-order valence-corrected chi connectivity index (χ1v) is 4.57. The maximum absolute atomic E-state index is 11.0. The molecule has 1 atom stereocenters. The lowest BCUT2D eigenvalue weighted by molar-refractivity contribution is -0.134. The van der Waals surface area contributed by atoms with Crippen molar-refractivity contribution < 1.29 is 9.90 Å². The van der Waals surface area contributed by atoms with Crippen molar-refractivity contribution in [3.63, 3.8) is 0 Å². The molecule has 0 aliphatic heterocycles. The Balaban J connectivity index is 2.77. The van der Waals surface area contributed by atoms with Gasteiger partial charge in [-0.3, -0.25) is 4.79 Å². The number of carbonyl (C=O) groups is 1. The third-order valence-corrected chi connectivity index (χ3v) is 2.17. The summed E-state index contributed by atoms with van der Waals surface area (Å²) in [5, 5.41) is 9.79. The fourth-order valence-electron chi connectivity index (χ4n) is 1.16. The maximum atomic E-state index is 11.0. The van der Waals surface area contributed by atoms with Crippen molar-refractivity contribution in [1.29, 1.82) is 0 Å². The Labute approximate surface area is 84.0 Å². The number of aliphatic hydroxyl groups is 1.